The molecule has 31 heavy (non-hydrogen) atoms. The summed E-state index contributed by atoms with van der Waals surface area (Å²) in [6, 6.07) is 22.2. The first-order valence-corrected chi connectivity index (χ1v) is 11.1. The second-order valence-electron chi connectivity index (χ2n) is 7.62. The van der Waals surface area contributed by atoms with Crippen molar-refractivity contribution < 1.29 is 9.47 Å². The number of nitrogens with zero attached hydrogens (tertiary/aromatic N) is 2. The molecule has 1 aliphatic rings. The summed E-state index contributed by atoms with van der Waals surface area (Å²) in [5, 5.41) is 1.19. The summed E-state index contributed by atoms with van der Waals surface area (Å²) in [7, 11) is 1.69. The average molecular weight is 457 g/mol. The lowest BCUT2D eigenvalue weighted by Crippen LogP contribution is -2.45. The zero-order valence-corrected chi connectivity index (χ0v) is 19.1. The monoisotopic (exact) mass is 456 g/mol. The molecule has 0 saturated carbocycles. The maximum Gasteiger partial charge on any atom is 0.161 e. The van der Waals surface area contributed by atoms with Gasteiger partial charge in [0.25, 0.3) is 0 Å². The van der Waals surface area contributed by atoms with E-state index in [0.29, 0.717) is 16.7 Å². The highest BCUT2D eigenvalue weighted by atomic mass is 35.5. The van der Waals surface area contributed by atoms with Gasteiger partial charge >= 0.3 is 0 Å². The smallest absolute Gasteiger partial charge is 0.161 e. The predicted octanol–water partition coefficient (Wildman–Crippen LogP) is 5.90. The van der Waals surface area contributed by atoms with Crippen LogP contribution in [0.5, 0.6) is 11.5 Å². The third kappa shape index (κ3) is 5.65. The number of rotatable bonds is 7. The largest absolute Gasteiger partial charge is 0.493 e. The van der Waals surface area contributed by atoms with Gasteiger partial charge < -0.3 is 14.4 Å². The van der Waals surface area contributed by atoms with Crippen molar-refractivity contribution in [1.82, 2.24) is 4.90 Å². The molecule has 1 fully saturated rings. The average Bonchev–Trinajstić information content (AvgIpc) is 2.81. The summed E-state index contributed by atoms with van der Waals surface area (Å²) in [5.41, 5.74) is 3.47. The molecule has 0 unspecified atom stereocenters. The molecule has 0 spiro atoms. The first-order chi connectivity index (χ1) is 15.1. The Kier molecular flexibility index (Phi) is 7.23. The van der Waals surface area contributed by atoms with Crippen LogP contribution in [-0.4, -0.2) is 38.2 Å². The first-order valence-electron chi connectivity index (χ1n) is 10.4. The predicted molar refractivity (Wildman–Crippen MR) is 128 cm³/mol. The minimum absolute atomic E-state index is 0.521. The first kappa shape index (κ1) is 21.8. The van der Waals surface area contributed by atoms with Gasteiger partial charge in [0, 0.05) is 38.4 Å². The van der Waals surface area contributed by atoms with E-state index >= 15 is 0 Å². The van der Waals surface area contributed by atoms with Crippen molar-refractivity contribution in [2.24, 2.45) is 0 Å². The van der Waals surface area contributed by atoms with Crippen LogP contribution in [0.4, 0.5) is 5.69 Å². The van der Waals surface area contributed by atoms with Crippen LogP contribution in [0.1, 0.15) is 11.1 Å². The maximum absolute atomic E-state index is 6.18. The molecule has 0 amide bonds. The van der Waals surface area contributed by atoms with Crippen molar-refractivity contribution in [2.75, 3.05) is 38.2 Å². The maximum atomic E-state index is 6.18. The molecule has 4 rings (SSSR count). The second kappa shape index (κ2) is 10.3. The lowest BCUT2D eigenvalue weighted by molar-refractivity contribution is 0.248. The Bertz CT molecular complexity index is 1010. The number of ether oxygens (including phenoxy) is 2. The molecule has 1 aliphatic heterocycles. The van der Waals surface area contributed by atoms with Gasteiger partial charge in [-0.3, -0.25) is 4.90 Å². The van der Waals surface area contributed by atoms with E-state index in [1.54, 1.807) is 7.11 Å². The zero-order valence-electron chi connectivity index (χ0n) is 17.6. The lowest BCUT2D eigenvalue weighted by Gasteiger charge is -2.36. The van der Waals surface area contributed by atoms with Crippen LogP contribution >= 0.6 is 23.2 Å². The third-order valence-electron chi connectivity index (χ3n) is 5.51. The summed E-state index contributed by atoms with van der Waals surface area (Å²) >= 11 is 12.2. The Morgan fingerprint density at radius 1 is 0.774 bits per heavy atom. The highest BCUT2D eigenvalue weighted by Crippen LogP contribution is 2.30. The Morgan fingerprint density at radius 3 is 2.26 bits per heavy atom. The number of anilines is 1. The molecular formula is C25H26Cl2N2O2. The molecule has 3 aromatic rings. The topological polar surface area (TPSA) is 24.9 Å². The van der Waals surface area contributed by atoms with E-state index in [1.807, 2.05) is 42.5 Å². The molecule has 0 bridgehead atoms. The van der Waals surface area contributed by atoms with Crippen LogP contribution in [0.25, 0.3) is 0 Å². The third-order valence-corrected chi connectivity index (χ3v) is 6.25. The molecule has 1 heterocycles. The number of methoxy groups -OCH3 is 1. The van der Waals surface area contributed by atoms with E-state index in [2.05, 4.69) is 34.1 Å². The SMILES string of the molecule is COc1cc(CN2CCN(c3ccc(Cl)c(Cl)c3)CC2)ccc1OCc1ccccc1. The van der Waals surface area contributed by atoms with Crippen LogP contribution < -0.4 is 14.4 Å². The molecule has 6 heteroatoms. The normalized spacial score (nSPS) is 14.5. The minimum Gasteiger partial charge on any atom is -0.493 e. The van der Waals surface area contributed by atoms with Gasteiger partial charge in [-0.1, -0.05) is 59.6 Å². The summed E-state index contributed by atoms with van der Waals surface area (Å²) in [4.78, 5) is 4.80. The van der Waals surface area contributed by atoms with Crippen LogP contribution in [0.2, 0.25) is 10.0 Å². The number of hydrogen-bond donors (Lipinski definition) is 0. The molecule has 162 valence electrons. The van der Waals surface area contributed by atoms with Gasteiger partial charge in [0.15, 0.2) is 11.5 Å². The molecule has 1 saturated heterocycles. The van der Waals surface area contributed by atoms with Gasteiger partial charge in [-0.05, 0) is 41.5 Å². The molecule has 3 aromatic carbocycles. The van der Waals surface area contributed by atoms with E-state index in [0.717, 1.165) is 55.5 Å². The Hall–Kier alpha value is -2.40. The fourth-order valence-electron chi connectivity index (χ4n) is 3.77. The molecule has 0 N–H and O–H groups in total. The van der Waals surface area contributed by atoms with Gasteiger partial charge in [-0.15, -0.1) is 0 Å². The molecule has 0 aromatic heterocycles. The van der Waals surface area contributed by atoms with Crippen LogP contribution in [0.3, 0.4) is 0 Å². The number of benzene rings is 3. The van der Waals surface area contributed by atoms with E-state index in [-0.39, 0.29) is 0 Å². The zero-order chi connectivity index (χ0) is 21.6. The summed E-state index contributed by atoms with van der Waals surface area (Å²) in [6.07, 6.45) is 0. The highest BCUT2D eigenvalue weighted by Gasteiger charge is 2.18. The molecule has 0 atom stereocenters. The molecule has 4 nitrogen and oxygen atoms in total. The number of halogens is 2. The summed E-state index contributed by atoms with van der Waals surface area (Å²) < 4.78 is 11.6. The van der Waals surface area contributed by atoms with Gasteiger partial charge in [-0.2, -0.15) is 0 Å². The van der Waals surface area contributed by atoms with Crippen LogP contribution in [0, 0.1) is 0 Å². The van der Waals surface area contributed by atoms with Gasteiger partial charge in [0.05, 0.1) is 17.2 Å². The van der Waals surface area contributed by atoms with Gasteiger partial charge in [-0.25, -0.2) is 0 Å². The quantitative estimate of drug-likeness (QED) is 0.441. The minimum atomic E-state index is 0.521. The van der Waals surface area contributed by atoms with Crippen molar-refractivity contribution in [3.63, 3.8) is 0 Å². The highest BCUT2D eigenvalue weighted by molar-refractivity contribution is 6.42. The van der Waals surface area contributed by atoms with E-state index in [4.69, 9.17) is 32.7 Å². The lowest BCUT2D eigenvalue weighted by atomic mass is 10.1. The standard InChI is InChI=1S/C25H26Cl2N2O2/c1-30-25-15-20(7-10-24(25)31-18-19-5-3-2-4-6-19)17-28-11-13-29(14-12-28)21-8-9-22(26)23(27)16-21/h2-10,15-16H,11-14,17-18H2,1H3. The van der Waals surface area contributed by atoms with Crippen molar-refractivity contribution >= 4 is 28.9 Å². The molecule has 0 aliphatic carbocycles. The summed E-state index contributed by atoms with van der Waals surface area (Å²) in [6.45, 7) is 5.27. The van der Waals surface area contributed by atoms with Crippen molar-refractivity contribution in [3.05, 3.63) is 87.9 Å². The fraction of sp³-hybridized carbons (Fsp3) is 0.280. The van der Waals surface area contributed by atoms with Crippen LogP contribution in [0.15, 0.2) is 66.7 Å². The number of piperazine rings is 1. The Labute approximate surface area is 193 Å². The van der Waals surface area contributed by atoms with Crippen molar-refractivity contribution in [1.29, 1.82) is 0 Å². The second-order valence-corrected chi connectivity index (χ2v) is 8.44. The van der Waals surface area contributed by atoms with E-state index < -0.39 is 0 Å². The molecule has 0 radical (unpaired) electrons. The fourth-order valence-corrected chi connectivity index (χ4v) is 4.06. The van der Waals surface area contributed by atoms with Crippen molar-refractivity contribution in [3.8, 4) is 11.5 Å². The van der Waals surface area contributed by atoms with E-state index in [1.165, 1.54) is 5.56 Å². The number of hydrogen-bond acceptors (Lipinski definition) is 4. The molecular weight excluding hydrogens is 431 g/mol. The summed E-state index contributed by atoms with van der Waals surface area (Å²) in [5.74, 6) is 1.53. The Balaban J connectivity index is 1.33. The van der Waals surface area contributed by atoms with Gasteiger partial charge in [0.1, 0.15) is 6.61 Å². The van der Waals surface area contributed by atoms with Gasteiger partial charge in [0.2, 0.25) is 0 Å². The van der Waals surface area contributed by atoms with Crippen molar-refractivity contribution in [2.45, 2.75) is 13.2 Å². The van der Waals surface area contributed by atoms with E-state index in [9.17, 15) is 0 Å². The van der Waals surface area contributed by atoms with Crippen LogP contribution in [-0.2, 0) is 13.2 Å². The Morgan fingerprint density at radius 2 is 1.55 bits per heavy atom.